The minimum absolute atomic E-state index is 0.0610. The Morgan fingerprint density at radius 1 is 1.11 bits per heavy atom. The molecule has 9 nitrogen and oxygen atoms in total. The number of hydrazine groups is 1. The lowest BCUT2D eigenvalue weighted by Crippen LogP contribution is -2.41. The number of carbonyl (C=O) groups excluding carboxylic acids is 1. The first-order valence-electron chi connectivity index (χ1n) is 8.13. The number of pyridine rings is 1. The molecule has 2 aromatic heterocycles. The number of aryl methyl sites for hydroxylation is 1. The highest BCUT2D eigenvalue weighted by molar-refractivity contribution is 7.89. The average molecular weight is 398 g/mol. The maximum absolute atomic E-state index is 12.4. The number of hydrogen-bond acceptors (Lipinski definition) is 6. The quantitative estimate of drug-likeness (QED) is 0.500. The number of benzene rings is 2. The van der Waals surface area contributed by atoms with Crippen molar-refractivity contribution < 1.29 is 17.6 Å². The topological polar surface area (TPSA) is 123 Å². The number of oxazole rings is 1. The Morgan fingerprint density at radius 2 is 1.89 bits per heavy atom. The molecule has 0 aliphatic heterocycles. The molecule has 4 rings (SSSR count). The van der Waals surface area contributed by atoms with Crippen molar-refractivity contribution in [1.82, 2.24) is 19.8 Å². The van der Waals surface area contributed by atoms with Crippen molar-refractivity contribution in [2.45, 2.75) is 4.90 Å². The van der Waals surface area contributed by atoms with Crippen LogP contribution in [-0.4, -0.2) is 23.9 Å². The molecule has 142 valence electrons. The Labute approximate surface area is 158 Å². The second kappa shape index (κ2) is 6.59. The van der Waals surface area contributed by atoms with Gasteiger partial charge in [-0.05, 0) is 24.3 Å². The van der Waals surface area contributed by atoms with Gasteiger partial charge in [-0.3, -0.25) is 14.8 Å². The Morgan fingerprint density at radius 3 is 2.71 bits per heavy atom. The summed E-state index contributed by atoms with van der Waals surface area (Å²) in [6.45, 7) is 0. The summed E-state index contributed by atoms with van der Waals surface area (Å²) in [6, 6.07) is 14.4. The predicted octanol–water partition coefficient (Wildman–Crippen LogP) is 1.30. The van der Waals surface area contributed by atoms with Crippen molar-refractivity contribution in [3.05, 3.63) is 70.8 Å². The number of amides is 1. The minimum atomic E-state index is -4.08. The van der Waals surface area contributed by atoms with E-state index in [4.69, 9.17) is 4.42 Å². The van der Waals surface area contributed by atoms with Crippen molar-refractivity contribution in [1.29, 1.82) is 0 Å². The first-order valence-corrected chi connectivity index (χ1v) is 9.61. The second-order valence-electron chi connectivity index (χ2n) is 6.01. The third kappa shape index (κ3) is 3.15. The third-order valence-corrected chi connectivity index (χ3v) is 5.45. The summed E-state index contributed by atoms with van der Waals surface area (Å²) in [5, 5.41) is 0.859. The largest absolute Gasteiger partial charge is 0.419 e. The number of carbonyl (C=O) groups is 1. The van der Waals surface area contributed by atoms with E-state index in [0.29, 0.717) is 11.0 Å². The molecule has 0 fully saturated rings. The normalized spacial score (nSPS) is 11.8. The molecule has 0 saturated heterocycles. The number of para-hydroxylation sites is 1. The maximum atomic E-state index is 12.4. The van der Waals surface area contributed by atoms with Crippen LogP contribution in [0, 0.1) is 0 Å². The molecule has 0 aliphatic carbocycles. The number of nitrogens with one attached hydrogen (secondary N) is 2. The van der Waals surface area contributed by atoms with Crippen LogP contribution in [-0.2, 0) is 17.1 Å². The third-order valence-electron chi connectivity index (χ3n) is 4.20. The van der Waals surface area contributed by atoms with E-state index < -0.39 is 21.7 Å². The van der Waals surface area contributed by atoms with Crippen LogP contribution in [0.3, 0.4) is 0 Å². The summed E-state index contributed by atoms with van der Waals surface area (Å²) in [7, 11) is -2.57. The van der Waals surface area contributed by atoms with Gasteiger partial charge in [0.15, 0.2) is 5.58 Å². The molecule has 0 saturated carbocycles. The van der Waals surface area contributed by atoms with Crippen molar-refractivity contribution in [3.63, 3.8) is 0 Å². The number of fused-ring (bicyclic) bond motifs is 2. The zero-order valence-electron chi connectivity index (χ0n) is 14.5. The minimum Gasteiger partial charge on any atom is -0.408 e. The van der Waals surface area contributed by atoms with Crippen molar-refractivity contribution in [2.75, 3.05) is 0 Å². The highest BCUT2D eigenvalue weighted by Crippen LogP contribution is 2.17. The molecule has 0 spiro atoms. The van der Waals surface area contributed by atoms with E-state index in [1.54, 1.807) is 18.2 Å². The second-order valence-corrected chi connectivity index (χ2v) is 7.69. The van der Waals surface area contributed by atoms with Gasteiger partial charge >= 0.3 is 5.76 Å². The molecule has 0 radical (unpaired) electrons. The maximum Gasteiger partial charge on any atom is 0.419 e. The predicted molar refractivity (Wildman–Crippen MR) is 101 cm³/mol. The van der Waals surface area contributed by atoms with Crippen LogP contribution >= 0.6 is 0 Å². The fourth-order valence-corrected chi connectivity index (χ4v) is 3.56. The summed E-state index contributed by atoms with van der Waals surface area (Å²) >= 11 is 0. The lowest BCUT2D eigenvalue weighted by molar-refractivity contribution is 0.0940. The monoisotopic (exact) mass is 398 g/mol. The molecule has 0 bridgehead atoms. The van der Waals surface area contributed by atoms with Gasteiger partial charge < -0.3 is 4.42 Å². The van der Waals surface area contributed by atoms with Gasteiger partial charge in [0.1, 0.15) is 5.69 Å². The summed E-state index contributed by atoms with van der Waals surface area (Å²) in [5.41, 5.74) is 3.38. The van der Waals surface area contributed by atoms with Crippen LogP contribution < -0.4 is 16.0 Å². The van der Waals surface area contributed by atoms with Crippen molar-refractivity contribution >= 4 is 37.9 Å². The molecule has 1 amide bonds. The van der Waals surface area contributed by atoms with Crippen molar-refractivity contribution in [2.24, 2.45) is 7.05 Å². The van der Waals surface area contributed by atoms with Gasteiger partial charge in [0, 0.05) is 18.5 Å². The molecule has 10 heteroatoms. The summed E-state index contributed by atoms with van der Waals surface area (Å²) < 4.78 is 31.1. The van der Waals surface area contributed by atoms with Gasteiger partial charge in [0.25, 0.3) is 15.9 Å². The standard InChI is InChI=1S/C18H14N4O5S/c1-22-15-9-7-12(10-16(15)27-18(22)24)28(25,26)21-20-17(23)14-8-6-11-4-2-3-5-13(11)19-14/h2-10,21H,1H3,(H,20,23). The zero-order valence-corrected chi connectivity index (χ0v) is 15.4. The number of hydrogen-bond donors (Lipinski definition) is 2. The number of rotatable bonds is 4. The molecule has 2 aromatic carbocycles. The molecule has 0 unspecified atom stereocenters. The molecule has 28 heavy (non-hydrogen) atoms. The van der Waals surface area contributed by atoms with E-state index in [1.165, 1.54) is 35.9 Å². The van der Waals surface area contributed by atoms with Gasteiger partial charge in [-0.15, -0.1) is 4.83 Å². The summed E-state index contributed by atoms with van der Waals surface area (Å²) in [6.07, 6.45) is 0. The molecule has 2 heterocycles. The number of aromatic nitrogens is 2. The molecule has 4 aromatic rings. The van der Waals surface area contributed by atoms with Gasteiger partial charge in [0.05, 0.1) is 15.9 Å². The smallest absolute Gasteiger partial charge is 0.408 e. The lowest BCUT2D eigenvalue weighted by atomic mass is 10.2. The Bertz CT molecular complexity index is 1390. The number of sulfonamides is 1. The van der Waals surface area contributed by atoms with Crippen LogP contribution in [0.2, 0.25) is 0 Å². The van der Waals surface area contributed by atoms with Crippen LogP contribution in [0.1, 0.15) is 10.5 Å². The van der Waals surface area contributed by atoms with Crippen LogP contribution in [0.25, 0.3) is 22.0 Å². The van der Waals surface area contributed by atoms with Gasteiger partial charge in [-0.25, -0.2) is 18.2 Å². The highest BCUT2D eigenvalue weighted by atomic mass is 32.2. The van der Waals surface area contributed by atoms with Gasteiger partial charge in [-0.1, -0.05) is 24.3 Å². The molecular formula is C18H14N4O5S. The molecular weight excluding hydrogens is 384 g/mol. The summed E-state index contributed by atoms with van der Waals surface area (Å²) in [5.74, 6) is -1.31. The highest BCUT2D eigenvalue weighted by Gasteiger charge is 2.18. The van der Waals surface area contributed by atoms with E-state index in [9.17, 15) is 18.0 Å². The van der Waals surface area contributed by atoms with E-state index in [1.807, 2.05) is 17.0 Å². The first-order chi connectivity index (χ1) is 13.3. The average Bonchev–Trinajstić information content (AvgIpc) is 2.99. The van der Waals surface area contributed by atoms with E-state index in [2.05, 4.69) is 10.4 Å². The molecule has 0 aliphatic rings. The lowest BCUT2D eigenvalue weighted by Gasteiger charge is -2.08. The van der Waals surface area contributed by atoms with Crippen LogP contribution in [0.5, 0.6) is 0 Å². The van der Waals surface area contributed by atoms with Crippen LogP contribution in [0.4, 0.5) is 0 Å². The van der Waals surface area contributed by atoms with Gasteiger partial charge in [-0.2, -0.15) is 0 Å². The van der Waals surface area contributed by atoms with E-state index in [-0.39, 0.29) is 16.2 Å². The Hall–Kier alpha value is -3.50. The molecule has 0 atom stereocenters. The Kier molecular flexibility index (Phi) is 4.21. The fraction of sp³-hybridized carbons (Fsp3) is 0.0556. The SMILES string of the molecule is Cn1c(=O)oc2cc(S(=O)(=O)NNC(=O)c3ccc4ccccc4n3)ccc21. The zero-order chi connectivity index (χ0) is 19.9. The summed E-state index contributed by atoms with van der Waals surface area (Å²) in [4.78, 5) is 29.8. The van der Waals surface area contributed by atoms with E-state index >= 15 is 0 Å². The Balaban J connectivity index is 1.55. The number of nitrogens with zero attached hydrogens (tertiary/aromatic N) is 2. The van der Waals surface area contributed by atoms with Gasteiger partial charge in [0.2, 0.25) is 0 Å². The van der Waals surface area contributed by atoms with E-state index in [0.717, 1.165) is 5.39 Å². The van der Waals surface area contributed by atoms with Crippen molar-refractivity contribution in [3.8, 4) is 0 Å². The van der Waals surface area contributed by atoms with Crippen LogP contribution in [0.15, 0.2) is 68.7 Å². The fourth-order valence-electron chi connectivity index (χ4n) is 2.71. The molecule has 2 N–H and O–H groups in total. The first kappa shape index (κ1) is 17.9.